The van der Waals surface area contributed by atoms with Crippen LogP contribution in [-0.2, 0) is 14.1 Å². The van der Waals surface area contributed by atoms with Crippen molar-refractivity contribution in [3.8, 4) is 0 Å². The van der Waals surface area contributed by atoms with Gasteiger partial charge in [0.15, 0.2) is 0 Å². The number of nitrogens with one attached hydrogen (secondary N) is 2. The maximum absolute atomic E-state index is 12.7. The molecule has 8 heteroatoms. The molecule has 1 aromatic carbocycles. The molecule has 0 aliphatic heterocycles. The number of amides is 2. The van der Waals surface area contributed by atoms with Crippen molar-refractivity contribution in [2.24, 2.45) is 14.1 Å². The van der Waals surface area contributed by atoms with Gasteiger partial charge < -0.3 is 19.8 Å². The van der Waals surface area contributed by atoms with E-state index in [1.165, 1.54) is 11.3 Å². The third-order valence-corrected chi connectivity index (χ3v) is 6.42. The molecule has 6 nitrogen and oxygen atoms in total. The highest BCUT2D eigenvalue weighted by Gasteiger charge is 2.19. The fourth-order valence-corrected chi connectivity index (χ4v) is 4.56. The van der Waals surface area contributed by atoms with Gasteiger partial charge in [-0.2, -0.15) is 0 Å². The van der Waals surface area contributed by atoms with Gasteiger partial charge in [0.25, 0.3) is 11.8 Å². The molecular formula is C21H19ClN4O2S. The molecule has 4 rings (SSSR count). The Bertz CT molecular complexity index is 1230. The normalized spacial score (nSPS) is 11.0. The number of aryl methyl sites for hydroxylation is 3. The monoisotopic (exact) mass is 426 g/mol. The van der Waals surface area contributed by atoms with Crippen molar-refractivity contribution in [3.63, 3.8) is 0 Å². The molecule has 0 saturated carbocycles. The first kappa shape index (κ1) is 19.3. The first-order chi connectivity index (χ1) is 13.8. The second kappa shape index (κ2) is 7.42. The highest BCUT2D eigenvalue weighted by molar-refractivity contribution is 7.21. The van der Waals surface area contributed by atoms with Crippen LogP contribution in [0.15, 0.2) is 48.8 Å². The Morgan fingerprint density at radius 1 is 0.966 bits per heavy atom. The van der Waals surface area contributed by atoms with E-state index in [1.54, 1.807) is 23.9 Å². The van der Waals surface area contributed by atoms with Crippen LogP contribution in [0, 0.1) is 6.92 Å². The number of carbonyl (C=O) groups is 2. The lowest BCUT2D eigenvalue weighted by Crippen LogP contribution is -2.14. The Hall–Kier alpha value is -3.03. The summed E-state index contributed by atoms with van der Waals surface area (Å²) in [7, 11) is 3.67. The second-order valence-corrected chi connectivity index (χ2v) is 8.29. The first-order valence-electron chi connectivity index (χ1n) is 8.92. The Kier molecular flexibility index (Phi) is 4.94. The minimum Gasteiger partial charge on any atom is -0.353 e. The lowest BCUT2D eigenvalue weighted by molar-refractivity contribution is 0.101. The molecular weight excluding hydrogens is 408 g/mol. The number of thiophene rings is 1. The minimum absolute atomic E-state index is 0.251. The maximum Gasteiger partial charge on any atom is 0.272 e. The van der Waals surface area contributed by atoms with Crippen LogP contribution < -0.4 is 10.6 Å². The van der Waals surface area contributed by atoms with E-state index < -0.39 is 0 Å². The van der Waals surface area contributed by atoms with Crippen molar-refractivity contribution in [2.45, 2.75) is 6.92 Å². The molecule has 4 aromatic rings. The van der Waals surface area contributed by atoms with Gasteiger partial charge in [0.1, 0.15) is 10.6 Å². The highest BCUT2D eigenvalue weighted by atomic mass is 35.5. The summed E-state index contributed by atoms with van der Waals surface area (Å²) in [4.78, 5) is 25.8. The minimum atomic E-state index is -0.299. The van der Waals surface area contributed by atoms with E-state index in [-0.39, 0.29) is 11.8 Å². The number of carbonyl (C=O) groups excluding carboxylic acids is 2. The topological polar surface area (TPSA) is 68.1 Å². The summed E-state index contributed by atoms with van der Waals surface area (Å²) < 4.78 is 4.56. The van der Waals surface area contributed by atoms with Gasteiger partial charge in [-0.15, -0.1) is 11.3 Å². The van der Waals surface area contributed by atoms with Gasteiger partial charge in [0.05, 0.1) is 16.4 Å². The largest absolute Gasteiger partial charge is 0.353 e. The lowest BCUT2D eigenvalue weighted by atomic mass is 10.2. The quantitative estimate of drug-likeness (QED) is 0.479. The zero-order valence-electron chi connectivity index (χ0n) is 16.1. The van der Waals surface area contributed by atoms with E-state index in [9.17, 15) is 9.59 Å². The summed E-state index contributed by atoms with van der Waals surface area (Å²) in [5, 5.41) is 7.01. The Balaban J connectivity index is 1.53. The number of aromatic nitrogens is 2. The van der Waals surface area contributed by atoms with Crippen LogP contribution in [0.2, 0.25) is 5.02 Å². The third-order valence-electron chi connectivity index (χ3n) is 4.75. The second-order valence-electron chi connectivity index (χ2n) is 6.86. The number of anilines is 2. The smallest absolute Gasteiger partial charge is 0.272 e. The van der Waals surface area contributed by atoms with Crippen LogP contribution in [0.1, 0.15) is 25.9 Å². The van der Waals surface area contributed by atoms with Crippen molar-refractivity contribution in [2.75, 3.05) is 10.6 Å². The van der Waals surface area contributed by atoms with Crippen molar-refractivity contribution in [1.29, 1.82) is 0 Å². The van der Waals surface area contributed by atoms with Gasteiger partial charge >= 0.3 is 0 Å². The van der Waals surface area contributed by atoms with Crippen LogP contribution in [0.4, 0.5) is 11.4 Å². The van der Waals surface area contributed by atoms with Crippen LogP contribution in [0.5, 0.6) is 0 Å². The zero-order chi connectivity index (χ0) is 20.7. The van der Waals surface area contributed by atoms with Crippen molar-refractivity contribution in [1.82, 2.24) is 9.13 Å². The SMILES string of the molecule is Cc1cc(NC(=O)c2cc(NC(=O)c3sc4ccccc4c3Cl)cn2C)cn1C. The van der Waals surface area contributed by atoms with Crippen molar-refractivity contribution < 1.29 is 9.59 Å². The Labute approximate surface area is 176 Å². The molecule has 29 heavy (non-hydrogen) atoms. The molecule has 148 valence electrons. The van der Waals surface area contributed by atoms with Crippen molar-refractivity contribution >= 4 is 56.2 Å². The molecule has 0 spiro atoms. The maximum atomic E-state index is 12.7. The van der Waals surface area contributed by atoms with Gasteiger partial charge in [0.2, 0.25) is 0 Å². The molecule has 3 aromatic heterocycles. The lowest BCUT2D eigenvalue weighted by Gasteiger charge is -2.03. The molecule has 2 N–H and O–H groups in total. The van der Waals surface area contributed by atoms with E-state index in [0.717, 1.165) is 21.5 Å². The molecule has 0 atom stereocenters. The first-order valence-corrected chi connectivity index (χ1v) is 10.1. The van der Waals surface area contributed by atoms with E-state index in [4.69, 9.17) is 11.6 Å². The molecule has 0 saturated heterocycles. The number of rotatable bonds is 4. The highest BCUT2D eigenvalue weighted by Crippen LogP contribution is 2.35. The Morgan fingerprint density at radius 2 is 1.62 bits per heavy atom. The molecule has 0 fully saturated rings. The van der Waals surface area contributed by atoms with E-state index in [2.05, 4.69) is 10.6 Å². The van der Waals surface area contributed by atoms with E-state index in [1.807, 2.05) is 55.1 Å². The fourth-order valence-electron chi connectivity index (χ4n) is 3.14. The predicted molar refractivity (Wildman–Crippen MR) is 118 cm³/mol. The van der Waals surface area contributed by atoms with E-state index in [0.29, 0.717) is 21.3 Å². The number of nitrogens with zero attached hydrogens (tertiary/aromatic N) is 2. The molecule has 0 radical (unpaired) electrons. The summed E-state index contributed by atoms with van der Waals surface area (Å²) in [6, 6.07) is 11.2. The van der Waals surface area contributed by atoms with Gasteiger partial charge in [-0.25, -0.2) is 0 Å². The molecule has 2 amide bonds. The van der Waals surface area contributed by atoms with Crippen LogP contribution in [0.3, 0.4) is 0 Å². The standard InChI is InChI=1S/C21H19ClN4O2S/c1-12-8-13(10-25(12)2)23-20(27)16-9-14(11-26(16)3)24-21(28)19-18(22)15-6-4-5-7-17(15)29-19/h4-11H,1-3H3,(H,23,27)(H,24,28). The summed E-state index contributed by atoms with van der Waals surface area (Å²) in [6.45, 7) is 1.96. The summed E-state index contributed by atoms with van der Waals surface area (Å²) in [5.74, 6) is -0.550. The van der Waals surface area contributed by atoms with Crippen molar-refractivity contribution in [3.05, 3.63) is 70.1 Å². The summed E-state index contributed by atoms with van der Waals surface area (Å²) in [6.07, 6.45) is 3.55. The van der Waals surface area contributed by atoms with Gasteiger partial charge in [0, 0.05) is 42.3 Å². The molecule has 3 heterocycles. The van der Waals surface area contributed by atoms with E-state index >= 15 is 0 Å². The predicted octanol–water partition coefficient (Wildman–Crippen LogP) is 5.04. The summed E-state index contributed by atoms with van der Waals surface area (Å²) in [5.41, 5.74) is 2.73. The summed E-state index contributed by atoms with van der Waals surface area (Å²) >= 11 is 7.73. The third kappa shape index (κ3) is 3.66. The molecule has 0 aliphatic carbocycles. The van der Waals surface area contributed by atoms with Gasteiger partial charge in [-0.1, -0.05) is 29.8 Å². The van der Waals surface area contributed by atoms with Gasteiger partial charge in [-0.05, 0) is 25.1 Å². The van der Waals surface area contributed by atoms with Gasteiger partial charge in [-0.3, -0.25) is 9.59 Å². The van der Waals surface area contributed by atoms with Crippen LogP contribution >= 0.6 is 22.9 Å². The Morgan fingerprint density at radius 3 is 2.31 bits per heavy atom. The number of benzene rings is 1. The number of halogens is 1. The zero-order valence-corrected chi connectivity index (χ0v) is 17.7. The fraction of sp³-hybridized carbons (Fsp3) is 0.143. The van der Waals surface area contributed by atoms with Crippen LogP contribution in [0.25, 0.3) is 10.1 Å². The molecule has 0 unspecified atom stereocenters. The molecule has 0 aliphatic rings. The average molecular weight is 427 g/mol. The number of hydrogen-bond acceptors (Lipinski definition) is 3. The molecule has 0 bridgehead atoms. The number of hydrogen-bond donors (Lipinski definition) is 2. The number of fused-ring (bicyclic) bond motifs is 1. The average Bonchev–Trinajstić information content (AvgIpc) is 3.31. The van der Waals surface area contributed by atoms with Crippen LogP contribution in [-0.4, -0.2) is 20.9 Å².